The monoisotopic (exact) mass is 177 g/mol. The summed E-state index contributed by atoms with van der Waals surface area (Å²) in [5.41, 5.74) is 2.14. The Morgan fingerprint density at radius 2 is 2.17 bits per heavy atom. The number of aromatic nitrogens is 2. The van der Waals surface area contributed by atoms with Crippen LogP contribution in [0.15, 0.2) is 23.2 Å². The molecule has 1 aromatic carbocycles. The first-order valence-electron chi connectivity index (χ1n) is 3.20. The van der Waals surface area contributed by atoms with Crippen LogP contribution < -0.4 is 0 Å². The van der Waals surface area contributed by atoms with Crippen LogP contribution in [0.5, 0.6) is 0 Å². The van der Waals surface area contributed by atoms with Crippen LogP contribution in [0.3, 0.4) is 0 Å². The molecule has 4 nitrogen and oxygen atoms in total. The molecule has 58 valence electrons. The molecule has 0 bridgehead atoms. The van der Waals surface area contributed by atoms with Crippen molar-refractivity contribution < 1.29 is 4.79 Å². The van der Waals surface area contributed by atoms with Crippen molar-refractivity contribution in [1.29, 1.82) is 0 Å². The number of hydrogen-bond acceptors (Lipinski definition) is 5. The van der Waals surface area contributed by atoms with Gasteiger partial charge in [-0.3, -0.25) is 0 Å². The van der Waals surface area contributed by atoms with E-state index in [-0.39, 0.29) is 0 Å². The molecule has 1 aromatic heterocycles. The summed E-state index contributed by atoms with van der Waals surface area (Å²) in [5.74, 6) is 0. The maximum Gasteiger partial charge on any atom is 0.240 e. The van der Waals surface area contributed by atoms with Crippen LogP contribution in [0.2, 0.25) is 0 Å². The van der Waals surface area contributed by atoms with Gasteiger partial charge in [0.2, 0.25) is 6.08 Å². The second-order valence-corrected chi connectivity index (χ2v) is 2.67. The lowest BCUT2D eigenvalue weighted by Gasteiger charge is -1.87. The molecule has 0 atom stereocenters. The highest BCUT2D eigenvalue weighted by Gasteiger charge is 1.97. The van der Waals surface area contributed by atoms with Gasteiger partial charge in [-0.15, -0.1) is 0 Å². The van der Waals surface area contributed by atoms with Crippen molar-refractivity contribution in [1.82, 2.24) is 8.75 Å². The van der Waals surface area contributed by atoms with Gasteiger partial charge in [-0.25, -0.2) is 4.79 Å². The molecule has 0 fully saturated rings. The smallest absolute Gasteiger partial charge is 0.211 e. The van der Waals surface area contributed by atoms with E-state index < -0.39 is 0 Å². The van der Waals surface area contributed by atoms with Crippen LogP contribution in [0.1, 0.15) is 0 Å². The number of aliphatic imine (C=N–C) groups is 1. The van der Waals surface area contributed by atoms with E-state index in [1.165, 1.54) is 6.08 Å². The Kier molecular flexibility index (Phi) is 1.66. The lowest BCUT2D eigenvalue weighted by Crippen LogP contribution is -1.68. The Bertz CT molecular complexity index is 458. The largest absolute Gasteiger partial charge is 0.240 e. The Labute approximate surface area is 71.9 Å². The van der Waals surface area contributed by atoms with E-state index in [1.54, 1.807) is 18.2 Å². The summed E-state index contributed by atoms with van der Waals surface area (Å²) < 4.78 is 8.01. The van der Waals surface area contributed by atoms with Crippen molar-refractivity contribution in [2.24, 2.45) is 4.99 Å². The number of carbonyl (C=O) groups excluding carboxylic acids is 1. The average molecular weight is 177 g/mol. The summed E-state index contributed by atoms with van der Waals surface area (Å²) in [7, 11) is 0. The minimum atomic E-state index is 0.560. The van der Waals surface area contributed by atoms with Crippen LogP contribution in [0, 0.1) is 0 Å². The Morgan fingerprint density at radius 3 is 3.00 bits per heavy atom. The standard InChI is InChI=1S/C7H3N3OS/c11-4-8-5-1-2-6-7(3-5)10-12-9-6/h1-3H. The molecular weight excluding hydrogens is 174 g/mol. The van der Waals surface area contributed by atoms with Gasteiger partial charge in [-0.1, -0.05) is 0 Å². The zero-order chi connectivity index (χ0) is 8.39. The molecule has 0 aliphatic heterocycles. The number of fused-ring (bicyclic) bond motifs is 1. The minimum absolute atomic E-state index is 0.560. The summed E-state index contributed by atoms with van der Waals surface area (Å²) >= 11 is 1.14. The Hall–Kier alpha value is -1.58. The summed E-state index contributed by atoms with van der Waals surface area (Å²) in [6.07, 6.45) is 1.47. The van der Waals surface area contributed by atoms with Crippen molar-refractivity contribution in [3.05, 3.63) is 18.2 Å². The molecule has 0 aliphatic carbocycles. The van der Waals surface area contributed by atoms with Gasteiger partial charge < -0.3 is 0 Å². The molecule has 5 heteroatoms. The van der Waals surface area contributed by atoms with Gasteiger partial charge in [-0.2, -0.15) is 13.7 Å². The second-order valence-electron chi connectivity index (χ2n) is 2.14. The number of rotatable bonds is 1. The van der Waals surface area contributed by atoms with Gasteiger partial charge in [0, 0.05) is 0 Å². The van der Waals surface area contributed by atoms with E-state index >= 15 is 0 Å². The summed E-state index contributed by atoms with van der Waals surface area (Å²) in [6, 6.07) is 5.17. The quantitative estimate of drug-likeness (QED) is 0.491. The Morgan fingerprint density at radius 1 is 1.33 bits per heavy atom. The maximum atomic E-state index is 9.92. The number of benzene rings is 1. The first-order chi connectivity index (χ1) is 5.90. The number of hydrogen-bond donors (Lipinski definition) is 0. The molecule has 1 heterocycles. The average Bonchev–Trinajstić information content (AvgIpc) is 2.51. The highest BCUT2D eigenvalue weighted by Crippen LogP contribution is 2.18. The maximum absolute atomic E-state index is 9.92. The summed E-state index contributed by atoms with van der Waals surface area (Å²) in [4.78, 5) is 13.4. The summed E-state index contributed by atoms with van der Waals surface area (Å²) in [5, 5.41) is 0. The number of isocyanates is 1. The van der Waals surface area contributed by atoms with Crippen molar-refractivity contribution in [2.75, 3.05) is 0 Å². The predicted molar refractivity (Wildman–Crippen MR) is 45.2 cm³/mol. The SMILES string of the molecule is O=C=Nc1ccc2nsnc2c1. The van der Waals surface area contributed by atoms with Gasteiger partial charge in [0.05, 0.1) is 17.4 Å². The van der Waals surface area contributed by atoms with Gasteiger partial charge in [0.25, 0.3) is 0 Å². The lowest BCUT2D eigenvalue weighted by atomic mass is 10.3. The van der Waals surface area contributed by atoms with Crippen molar-refractivity contribution >= 4 is 34.5 Å². The normalized spacial score (nSPS) is 9.67. The third-order valence-electron chi connectivity index (χ3n) is 1.41. The molecule has 0 saturated heterocycles. The molecule has 12 heavy (non-hydrogen) atoms. The van der Waals surface area contributed by atoms with Crippen molar-refractivity contribution in [3.63, 3.8) is 0 Å². The van der Waals surface area contributed by atoms with Gasteiger partial charge >= 0.3 is 0 Å². The zero-order valence-electron chi connectivity index (χ0n) is 5.89. The van der Waals surface area contributed by atoms with E-state index in [4.69, 9.17) is 0 Å². The van der Waals surface area contributed by atoms with Crippen LogP contribution in [0.25, 0.3) is 11.0 Å². The zero-order valence-corrected chi connectivity index (χ0v) is 6.71. The van der Waals surface area contributed by atoms with E-state index in [9.17, 15) is 4.79 Å². The van der Waals surface area contributed by atoms with Gasteiger partial charge in [-0.05, 0) is 18.2 Å². The second kappa shape index (κ2) is 2.81. The molecule has 0 N–H and O–H groups in total. The van der Waals surface area contributed by atoms with E-state index in [0.29, 0.717) is 5.69 Å². The molecule has 0 spiro atoms. The molecule has 0 radical (unpaired) electrons. The molecular formula is C7H3N3OS. The highest BCUT2D eigenvalue weighted by molar-refractivity contribution is 7.00. The van der Waals surface area contributed by atoms with Crippen LogP contribution in [-0.2, 0) is 4.79 Å². The van der Waals surface area contributed by atoms with Crippen LogP contribution in [-0.4, -0.2) is 14.8 Å². The van der Waals surface area contributed by atoms with Gasteiger partial charge in [0.15, 0.2) is 0 Å². The third-order valence-corrected chi connectivity index (χ3v) is 1.97. The minimum Gasteiger partial charge on any atom is -0.211 e. The first-order valence-corrected chi connectivity index (χ1v) is 3.93. The van der Waals surface area contributed by atoms with Gasteiger partial charge in [0.1, 0.15) is 11.0 Å². The fourth-order valence-corrected chi connectivity index (χ4v) is 1.41. The molecule has 0 amide bonds. The fourth-order valence-electron chi connectivity index (χ4n) is 0.893. The molecule has 0 unspecified atom stereocenters. The molecule has 0 saturated carbocycles. The highest BCUT2D eigenvalue weighted by atomic mass is 32.1. The topological polar surface area (TPSA) is 55.2 Å². The molecule has 2 aromatic rings. The van der Waals surface area contributed by atoms with Crippen LogP contribution in [0.4, 0.5) is 5.69 Å². The Balaban J connectivity index is 2.67. The fraction of sp³-hybridized carbons (Fsp3) is 0. The lowest BCUT2D eigenvalue weighted by molar-refractivity contribution is 0.565. The van der Waals surface area contributed by atoms with E-state index in [2.05, 4.69) is 13.7 Å². The number of nitrogens with zero attached hydrogens (tertiary/aromatic N) is 3. The van der Waals surface area contributed by atoms with E-state index in [0.717, 1.165) is 22.8 Å². The molecule has 0 aliphatic rings. The van der Waals surface area contributed by atoms with E-state index in [1.807, 2.05) is 0 Å². The van der Waals surface area contributed by atoms with Crippen LogP contribution >= 0.6 is 11.7 Å². The predicted octanol–water partition coefficient (Wildman–Crippen LogP) is 1.66. The first kappa shape index (κ1) is 7.09. The van der Waals surface area contributed by atoms with Crippen molar-refractivity contribution in [2.45, 2.75) is 0 Å². The van der Waals surface area contributed by atoms with Crippen molar-refractivity contribution in [3.8, 4) is 0 Å². The third kappa shape index (κ3) is 1.11. The molecule has 2 rings (SSSR count). The summed E-state index contributed by atoms with van der Waals surface area (Å²) in [6.45, 7) is 0.